The SMILES string of the molecule is CNC(C1CCC(C)(C)CC1)C1CCCC(C)C1. The van der Waals surface area contributed by atoms with E-state index in [1.54, 1.807) is 0 Å². The average molecular weight is 251 g/mol. The predicted octanol–water partition coefficient (Wildman–Crippen LogP) is 4.62. The van der Waals surface area contributed by atoms with Crippen LogP contribution in [0, 0.1) is 23.2 Å². The molecule has 3 unspecified atom stereocenters. The summed E-state index contributed by atoms with van der Waals surface area (Å²) in [6.07, 6.45) is 11.6. The van der Waals surface area contributed by atoms with Gasteiger partial charge in [-0.25, -0.2) is 0 Å². The Morgan fingerprint density at radius 3 is 2.22 bits per heavy atom. The monoisotopic (exact) mass is 251 g/mol. The van der Waals surface area contributed by atoms with Crippen molar-refractivity contribution in [1.29, 1.82) is 0 Å². The van der Waals surface area contributed by atoms with Crippen LogP contribution in [0.4, 0.5) is 0 Å². The maximum Gasteiger partial charge on any atom is 0.0121 e. The van der Waals surface area contributed by atoms with Crippen molar-refractivity contribution in [2.75, 3.05) is 7.05 Å². The zero-order chi connectivity index (χ0) is 13.2. The van der Waals surface area contributed by atoms with E-state index in [0.717, 1.165) is 23.8 Å². The van der Waals surface area contributed by atoms with Gasteiger partial charge in [-0.2, -0.15) is 0 Å². The Balaban J connectivity index is 1.92. The molecule has 2 rings (SSSR count). The van der Waals surface area contributed by atoms with E-state index in [1.165, 1.54) is 51.4 Å². The van der Waals surface area contributed by atoms with Crippen LogP contribution in [0.5, 0.6) is 0 Å². The van der Waals surface area contributed by atoms with Crippen LogP contribution < -0.4 is 5.32 Å². The minimum atomic E-state index is 0.606. The molecule has 0 aliphatic heterocycles. The second-order valence-electron chi connectivity index (χ2n) is 7.85. The van der Waals surface area contributed by atoms with Gasteiger partial charge in [-0.1, -0.05) is 33.6 Å². The second-order valence-corrected chi connectivity index (χ2v) is 7.85. The zero-order valence-corrected chi connectivity index (χ0v) is 13.0. The van der Waals surface area contributed by atoms with E-state index in [2.05, 4.69) is 33.1 Å². The van der Waals surface area contributed by atoms with E-state index in [1.807, 2.05) is 0 Å². The Morgan fingerprint density at radius 2 is 1.67 bits per heavy atom. The fourth-order valence-electron chi connectivity index (χ4n) is 4.44. The Hall–Kier alpha value is -0.0400. The highest BCUT2D eigenvalue weighted by Gasteiger charge is 2.35. The van der Waals surface area contributed by atoms with Crippen molar-refractivity contribution in [2.24, 2.45) is 23.2 Å². The highest BCUT2D eigenvalue weighted by Crippen LogP contribution is 2.42. The van der Waals surface area contributed by atoms with Gasteiger partial charge in [0.2, 0.25) is 0 Å². The minimum Gasteiger partial charge on any atom is -0.316 e. The molecule has 2 fully saturated rings. The largest absolute Gasteiger partial charge is 0.316 e. The summed E-state index contributed by atoms with van der Waals surface area (Å²) in [5, 5.41) is 3.69. The zero-order valence-electron chi connectivity index (χ0n) is 13.0. The quantitative estimate of drug-likeness (QED) is 0.772. The Morgan fingerprint density at radius 1 is 1.00 bits per heavy atom. The molecule has 1 nitrogen and oxygen atoms in total. The molecule has 0 bridgehead atoms. The number of hydrogen-bond donors (Lipinski definition) is 1. The molecule has 0 amide bonds. The van der Waals surface area contributed by atoms with Crippen molar-refractivity contribution in [3.8, 4) is 0 Å². The van der Waals surface area contributed by atoms with Crippen molar-refractivity contribution >= 4 is 0 Å². The third kappa shape index (κ3) is 3.50. The van der Waals surface area contributed by atoms with E-state index < -0.39 is 0 Å². The highest BCUT2D eigenvalue weighted by atomic mass is 14.9. The van der Waals surface area contributed by atoms with Crippen LogP contribution in [0.2, 0.25) is 0 Å². The van der Waals surface area contributed by atoms with Gasteiger partial charge in [0.15, 0.2) is 0 Å². The number of rotatable bonds is 3. The van der Waals surface area contributed by atoms with E-state index in [-0.39, 0.29) is 0 Å². The molecule has 106 valence electrons. The molecule has 1 heteroatoms. The molecule has 1 N–H and O–H groups in total. The summed E-state index contributed by atoms with van der Waals surface area (Å²) in [5.74, 6) is 2.85. The summed E-state index contributed by atoms with van der Waals surface area (Å²) in [7, 11) is 2.20. The Labute approximate surface area is 114 Å². The third-order valence-corrected chi connectivity index (χ3v) is 5.71. The lowest BCUT2D eigenvalue weighted by molar-refractivity contribution is 0.115. The Kier molecular flexibility index (Phi) is 4.75. The number of hydrogen-bond acceptors (Lipinski definition) is 1. The van der Waals surface area contributed by atoms with E-state index >= 15 is 0 Å². The van der Waals surface area contributed by atoms with Crippen LogP contribution in [0.15, 0.2) is 0 Å². The second kappa shape index (κ2) is 5.94. The van der Waals surface area contributed by atoms with E-state index in [0.29, 0.717) is 5.41 Å². The van der Waals surface area contributed by atoms with Crippen molar-refractivity contribution in [2.45, 2.75) is 78.2 Å². The van der Waals surface area contributed by atoms with Gasteiger partial charge in [-0.15, -0.1) is 0 Å². The van der Waals surface area contributed by atoms with Crippen molar-refractivity contribution in [3.63, 3.8) is 0 Å². The molecule has 0 aromatic carbocycles. The smallest absolute Gasteiger partial charge is 0.0121 e. The fraction of sp³-hybridized carbons (Fsp3) is 1.00. The van der Waals surface area contributed by atoms with Crippen LogP contribution in [0.1, 0.15) is 72.1 Å². The molecule has 2 aliphatic carbocycles. The van der Waals surface area contributed by atoms with Gasteiger partial charge < -0.3 is 5.32 Å². The first-order valence-electron chi connectivity index (χ1n) is 8.19. The fourth-order valence-corrected chi connectivity index (χ4v) is 4.44. The van der Waals surface area contributed by atoms with Gasteiger partial charge in [-0.3, -0.25) is 0 Å². The summed E-state index contributed by atoms with van der Waals surface area (Å²) in [6, 6.07) is 0.795. The molecule has 0 aromatic rings. The van der Waals surface area contributed by atoms with Crippen molar-refractivity contribution in [1.82, 2.24) is 5.32 Å². The first-order valence-corrected chi connectivity index (χ1v) is 8.19. The van der Waals surface area contributed by atoms with Crippen LogP contribution in [-0.2, 0) is 0 Å². The van der Waals surface area contributed by atoms with Crippen LogP contribution in [0.25, 0.3) is 0 Å². The first-order chi connectivity index (χ1) is 8.52. The third-order valence-electron chi connectivity index (χ3n) is 5.71. The highest BCUT2D eigenvalue weighted by molar-refractivity contribution is 4.90. The lowest BCUT2D eigenvalue weighted by atomic mass is 9.67. The van der Waals surface area contributed by atoms with Crippen LogP contribution in [-0.4, -0.2) is 13.1 Å². The maximum absolute atomic E-state index is 3.69. The maximum atomic E-state index is 3.69. The standard InChI is InChI=1S/C17H33N/c1-13-6-5-7-15(12-13)16(18-4)14-8-10-17(2,3)11-9-14/h13-16,18H,5-12H2,1-4H3. The molecular weight excluding hydrogens is 218 g/mol. The van der Waals surface area contributed by atoms with Gasteiger partial charge in [-0.05, 0) is 68.7 Å². The van der Waals surface area contributed by atoms with Crippen molar-refractivity contribution in [3.05, 3.63) is 0 Å². The minimum absolute atomic E-state index is 0.606. The first kappa shape index (κ1) is 14.4. The van der Waals surface area contributed by atoms with Crippen LogP contribution in [0.3, 0.4) is 0 Å². The molecule has 18 heavy (non-hydrogen) atoms. The normalized spacial score (nSPS) is 35.3. The molecule has 0 heterocycles. The van der Waals surface area contributed by atoms with Gasteiger partial charge in [0.1, 0.15) is 0 Å². The molecule has 0 radical (unpaired) electrons. The summed E-state index contributed by atoms with van der Waals surface area (Å²) >= 11 is 0. The average Bonchev–Trinajstić information content (AvgIpc) is 2.32. The lowest BCUT2D eigenvalue weighted by Crippen LogP contribution is -2.44. The number of nitrogens with one attached hydrogen (secondary N) is 1. The summed E-state index contributed by atoms with van der Waals surface area (Å²) < 4.78 is 0. The van der Waals surface area contributed by atoms with Crippen molar-refractivity contribution < 1.29 is 0 Å². The lowest BCUT2D eigenvalue weighted by Gasteiger charge is -2.42. The van der Waals surface area contributed by atoms with E-state index in [9.17, 15) is 0 Å². The molecule has 3 atom stereocenters. The molecule has 0 saturated heterocycles. The summed E-state index contributed by atoms with van der Waals surface area (Å²) in [5.41, 5.74) is 0.606. The van der Waals surface area contributed by atoms with Gasteiger partial charge in [0.05, 0.1) is 0 Å². The molecule has 2 aliphatic rings. The topological polar surface area (TPSA) is 12.0 Å². The van der Waals surface area contributed by atoms with Crippen LogP contribution >= 0.6 is 0 Å². The summed E-state index contributed by atoms with van der Waals surface area (Å²) in [6.45, 7) is 7.34. The predicted molar refractivity (Wildman–Crippen MR) is 79.7 cm³/mol. The van der Waals surface area contributed by atoms with E-state index in [4.69, 9.17) is 0 Å². The summed E-state index contributed by atoms with van der Waals surface area (Å²) in [4.78, 5) is 0. The van der Waals surface area contributed by atoms with Gasteiger partial charge in [0, 0.05) is 6.04 Å². The molecule has 2 saturated carbocycles. The Bertz CT molecular complexity index is 248. The molecular formula is C17H33N. The molecule has 0 spiro atoms. The van der Waals surface area contributed by atoms with Gasteiger partial charge >= 0.3 is 0 Å². The molecule has 0 aromatic heterocycles. The van der Waals surface area contributed by atoms with Gasteiger partial charge in [0.25, 0.3) is 0 Å².